The van der Waals surface area contributed by atoms with Gasteiger partial charge >= 0.3 is 0 Å². The van der Waals surface area contributed by atoms with E-state index in [1.54, 1.807) is 18.2 Å². The molecule has 0 atom stereocenters. The molecule has 6 heteroatoms. The molecule has 1 aromatic rings. The number of benzene rings is 1. The Labute approximate surface area is 108 Å². The fourth-order valence-electron chi connectivity index (χ4n) is 1.73. The van der Waals surface area contributed by atoms with Crippen LogP contribution in [0.1, 0.15) is 23.2 Å². The van der Waals surface area contributed by atoms with Crippen molar-refractivity contribution in [2.75, 3.05) is 13.2 Å². The summed E-state index contributed by atoms with van der Waals surface area (Å²) in [5.74, 6) is -2.89. The number of carbonyl (C=O) groups is 1. The largest absolute Gasteiger partial charge is 0.288 e. The summed E-state index contributed by atoms with van der Waals surface area (Å²) in [6.45, 7) is 1.00. The highest BCUT2D eigenvalue weighted by molar-refractivity contribution is 7.99. The lowest BCUT2D eigenvalue weighted by Gasteiger charge is -2.26. The van der Waals surface area contributed by atoms with Gasteiger partial charge in [-0.15, -0.1) is 0 Å². The molecule has 1 fully saturated rings. The molecule has 0 radical (unpaired) electrons. The minimum Gasteiger partial charge on any atom is -0.271 e. The fourth-order valence-corrected chi connectivity index (χ4v) is 2.36. The molecular formula is C12H13F2NO2S. The Morgan fingerprint density at radius 2 is 2.11 bits per heavy atom. The van der Waals surface area contributed by atoms with Gasteiger partial charge in [0.15, 0.2) is 0 Å². The molecule has 98 valence electrons. The Hall–Kier alpha value is -1.14. The van der Waals surface area contributed by atoms with E-state index in [2.05, 4.69) is 0 Å². The van der Waals surface area contributed by atoms with Gasteiger partial charge in [-0.3, -0.25) is 9.63 Å². The van der Waals surface area contributed by atoms with E-state index in [1.807, 2.05) is 0 Å². The van der Waals surface area contributed by atoms with Crippen molar-refractivity contribution in [2.45, 2.75) is 23.5 Å². The molecule has 0 N–H and O–H groups in total. The number of rotatable bonds is 3. The number of amides is 1. The summed E-state index contributed by atoms with van der Waals surface area (Å²) in [5, 5.41) is 1.26. The molecule has 0 aromatic heterocycles. The molecule has 1 amide bonds. The van der Waals surface area contributed by atoms with E-state index in [9.17, 15) is 13.6 Å². The van der Waals surface area contributed by atoms with Crippen molar-refractivity contribution in [1.29, 1.82) is 0 Å². The highest BCUT2D eigenvalue weighted by Crippen LogP contribution is 2.29. The maximum atomic E-state index is 12.4. The molecule has 1 aliphatic rings. The van der Waals surface area contributed by atoms with Crippen molar-refractivity contribution in [1.82, 2.24) is 5.06 Å². The molecule has 3 nitrogen and oxygen atoms in total. The van der Waals surface area contributed by atoms with Gasteiger partial charge in [0.2, 0.25) is 0 Å². The van der Waals surface area contributed by atoms with Crippen molar-refractivity contribution < 1.29 is 18.4 Å². The summed E-state index contributed by atoms with van der Waals surface area (Å²) < 4.78 is 24.8. The predicted molar refractivity (Wildman–Crippen MR) is 64.5 cm³/mol. The SMILES string of the molecule is O=C(c1ccccc1SC(F)F)N1CCCCO1. The summed E-state index contributed by atoms with van der Waals surface area (Å²) >= 11 is 0.381. The van der Waals surface area contributed by atoms with Gasteiger partial charge in [-0.2, -0.15) is 8.78 Å². The van der Waals surface area contributed by atoms with Crippen LogP contribution in [0.5, 0.6) is 0 Å². The number of hydrogen-bond donors (Lipinski definition) is 0. The summed E-state index contributed by atoms with van der Waals surface area (Å²) in [7, 11) is 0. The minimum absolute atomic E-state index is 0.268. The Bertz CT molecular complexity index is 422. The van der Waals surface area contributed by atoms with E-state index >= 15 is 0 Å². The number of halogens is 2. The first-order valence-electron chi connectivity index (χ1n) is 5.67. The average Bonchev–Trinajstić information content (AvgIpc) is 2.39. The maximum Gasteiger partial charge on any atom is 0.288 e. The first kappa shape index (κ1) is 13.3. The third kappa shape index (κ3) is 3.20. The number of carbonyl (C=O) groups excluding carboxylic acids is 1. The smallest absolute Gasteiger partial charge is 0.271 e. The lowest BCUT2D eigenvalue weighted by atomic mass is 10.2. The van der Waals surface area contributed by atoms with E-state index < -0.39 is 5.76 Å². The topological polar surface area (TPSA) is 29.5 Å². The monoisotopic (exact) mass is 273 g/mol. The summed E-state index contributed by atoms with van der Waals surface area (Å²) in [5.41, 5.74) is 0.268. The standard InChI is InChI=1S/C12H13F2NO2S/c13-12(14)18-10-6-2-1-5-9(10)11(16)15-7-3-4-8-17-15/h1-2,5-6,12H,3-4,7-8H2. The molecule has 0 spiro atoms. The van der Waals surface area contributed by atoms with Crippen LogP contribution in [0.3, 0.4) is 0 Å². The van der Waals surface area contributed by atoms with Crippen LogP contribution in [0.2, 0.25) is 0 Å². The number of hydroxylamine groups is 2. The molecule has 0 unspecified atom stereocenters. The van der Waals surface area contributed by atoms with Crippen LogP contribution in [-0.2, 0) is 4.84 Å². The second-order valence-electron chi connectivity index (χ2n) is 3.82. The van der Waals surface area contributed by atoms with Gasteiger partial charge < -0.3 is 0 Å². The molecule has 0 bridgehead atoms. The molecule has 1 aromatic carbocycles. The number of nitrogens with zero attached hydrogens (tertiary/aromatic N) is 1. The molecule has 1 saturated heterocycles. The second-order valence-corrected chi connectivity index (χ2v) is 4.85. The Kier molecular flexibility index (Phi) is 4.54. The normalized spacial score (nSPS) is 16.1. The fraction of sp³-hybridized carbons (Fsp3) is 0.417. The van der Waals surface area contributed by atoms with Gasteiger partial charge in [-0.1, -0.05) is 23.9 Å². The second kappa shape index (κ2) is 6.15. The van der Waals surface area contributed by atoms with E-state index in [4.69, 9.17) is 4.84 Å². The molecule has 0 saturated carbocycles. The Morgan fingerprint density at radius 3 is 2.78 bits per heavy atom. The number of hydrogen-bond acceptors (Lipinski definition) is 3. The van der Waals surface area contributed by atoms with Crippen LogP contribution in [-0.4, -0.2) is 29.9 Å². The van der Waals surface area contributed by atoms with Crippen LogP contribution in [0.4, 0.5) is 8.78 Å². The lowest BCUT2D eigenvalue weighted by Crippen LogP contribution is -2.36. The van der Waals surface area contributed by atoms with Crippen molar-refractivity contribution >= 4 is 17.7 Å². The highest BCUT2D eigenvalue weighted by atomic mass is 32.2. The minimum atomic E-state index is -2.54. The van der Waals surface area contributed by atoms with Crippen LogP contribution in [0, 0.1) is 0 Å². The number of alkyl halides is 2. The zero-order valence-electron chi connectivity index (χ0n) is 9.64. The number of thioether (sulfide) groups is 1. The zero-order valence-corrected chi connectivity index (χ0v) is 10.5. The highest BCUT2D eigenvalue weighted by Gasteiger charge is 2.22. The average molecular weight is 273 g/mol. The van der Waals surface area contributed by atoms with Crippen molar-refractivity contribution in [3.63, 3.8) is 0 Å². The molecule has 1 heterocycles. The maximum absolute atomic E-state index is 12.4. The third-order valence-corrected chi connectivity index (χ3v) is 3.35. The summed E-state index contributed by atoms with van der Waals surface area (Å²) in [6.07, 6.45) is 1.78. The first-order valence-corrected chi connectivity index (χ1v) is 6.55. The quantitative estimate of drug-likeness (QED) is 0.792. The molecule has 2 rings (SSSR count). The van der Waals surface area contributed by atoms with Gasteiger partial charge in [0.1, 0.15) is 0 Å². The molecule has 18 heavy (non-hydrogen) atoms. The molecular weight excluding hydrogens is 260 g/mol. The van der Waals surface area contributed by atoms with E-state index in [1.165, 1.54) is 11.1 Å². The Balaban J connectivity index is 2.18. The van der Waals surface area contributed by atoms with Crippen LogP contribution >= 0.6 is 11.8 Å². The molecule has 0 aliphatic carbocycles. The van der Waals surface area contributed by atoms with Gasteiger partial charge in [-0.05, 0) is 25.0 Å². The first-order chi connectivity index (χ1) is 8.68. The zero-order chi connectivity index (χ0) is 13.0. The van der Waals surface area contributed by atoms with Crippen LogP contribution in [0.15, 0.2) is 29.2 Å². The third-order valence-electron chi connectivity index (χ3n) is 2.56. The van der Waals surface area contributed by atoms with E-state index in [0.717, 1.165) is 12.8 Å². The van der Waals surface area contributed by atoms with E-state index in [-0.39, 0.29) is 16.4 Å². The lowest BCUT2D eigenvalue weighted by molar-refractivity contribution is -0.144. The van der Waals surface area contributed by atoms with Crippen molar-refractivity contribution in [3.05, 3.63) is 29.8 Å². The summed E-state index contributed by atoms with van der Waals surface area (Å²) in [6, 6.07) is 6.37. The van der Waals surface area contributed by atoms with Crippen LogP contribution < -0.4 is 0 Å². The predicted octanol–water partition coefficient (Wildman–Crippen LogP) is 3.17. The van der Waals surface area contributed by atoms with Crippen molar-refractivity contribution in [3.8, 4) is 0 Å². The van der Waals surface area contributed by atoms with E-state index in [0.29, 0.717) is 24.9 Å². The van der Waals surface area contributed by atoms with Gasteiger partial charge in [0, 0.05) is 11.4 Å². The summed E-state index contributed by atoms with van der Waals surface area (Å²) in [4.78, 5) is 17.7. The van der Waals surface area contributed by atoms with Gasteiger partial charge in [0.25, 0.3) is 11.7 Å². The van der Waals surface area contributed by atoms with Crippen molar-refractivity contribution in [2.24, 2.45) is 0 Å². The van der Waals surface area contributed by atoms with Gasteiger partial charge in [0.05, 0.1) is 12.2 Å². The van der Waals surface area contributed by atoms with Gasteiger partial charge in [-0.25, -0.2) is 5.06 Å². The Morgan fingerprint density at radius 1 is 1.33 bits per heavy atom. The molecule has 1 aliphatic heterocycles. The van der Waals surface area contributed by atoms with Crippen LogP contribution in [0.25, 0.3) is 0 Å².